The van der Waals surface area contributed by atoms with Crippen LogP contribution in [0, 0.1) is 23.0 Å². The molecule has 122 valence electrons. The maximum atomic E-state index is 13.3. The highest BCUT2D eigenvalue weighted by Gasteiger charge is 2.14. The van der Waals surface area contributed by atoms with Crippen molar-refractivity contribution in [3.8, 4) is 6.07 Å². The lowest BCUT2D eigenvalue weighted by Gasteiger charge is -2.08. The molecule has 0 amide bonds. The molecule has 0 bridgehead atoms. The van der Waals surface area contributed by atoms with Crippen LogP contribution in [0.4, 0.5) is 20.3 Å². The highest BCUT2D eigenvalue weighted by atomic mass is 19.1. The molecule has 0 saturated heterocycles. The average Bonchev–Trinajstić information content (AvgIpc) is 2.95. The second-order valence-electron chi connectivity index (χ2n) is 4.98. The molecule has 7 nitrogen and oxygen atoms in total. The van der Waals surface area contributed by atoms with Crippen LogP contribution in [0.15, 0.2) is 24.5 Å². The predicted octanol–water partition coefficient (Wildman–Crippen LogP) is 2.10. The standard InChI is InChI=1S/C15H12F2N6O/c16-9-4-10(17)6-11(5-9)20-14-13-15(22-12(7-18)21-14)23(8-19-13)2-1-3-24/h4-6,8,24H,1-3H2,(H,20,21,22). The Morgan fingerprint density at radius 1 is 1.21 bits per heavy atom. The van der Waals surface area contributed by atoms with Gasteiger partial charge in [0.1, 0.15) is 17.7 Å². The van der Waals surface area contributed by atoms with E-state index in [4.69, 9.17) is 10.4 Å². The first kappa shape index (κ1) is 15.8. The number of fused-ring (bicyclic) bond motifs is 1. The van der Waals surface area contributed by atoms with Crippen molar-refractivity contribution in [2.75, 3.05) is 11.9 Å². The van der Waals surface area contributed by atoms with E-state index in [9.17, 15) is 8.78 Å². The summed E-state index contributed by atoms with van der Waals surface area (Å²) in [5.41, 5.74) is 0.896. The van der Waals surface area contributed by atoms with Crippen molar-refractivity contribution in [1.82, 2.24) is 19.5 Å². The number of aryl methyl sites for hydroxylation is 1. The Morgan fingerprint density at radius 3 is 2.62 bits per heavy atom. The van der Waals surface area contributed by atoms with E-state index < -0.39 is 11.6 Å². The zero-order valence-corrected chi connectivity index (χ0v) is 12.4. The molecule has 2 heterocycles. The number of benzene rings is 1. The molecule has 0 radical (unpaired) electrons. The summed E-state index contributed by atoms with van der Waals surface area (Å²) in [6.45, 7) is 0.465. The van der Waals surface area contributed by atoms with Crippen LogP contribution in [-0.4, -0.2) is 31.2 Å². The van der Waals surface area contributed by atoms with Gasteiger partial charge in [-0.2, -0.15) is 15.2 Å². The molecule has 3 rings (SSSR count). The summed E-state index contributed by atoms with van der Waals surface area (Å²) >= 11 is 0. The Kier molecular flexibility index (Phi) is 4.31. The summed E-state index contributed by atoms with van der Waals surface area (Å²) in [7, 11) is 0. The zero-order valence-electron chi connectivity index (χ0n) is 12.4. The molecule has 0 aliphatic heterocycles. The lowest BCUT2D eigenvalue weighted by molar-refractivity contribution is 0.280. The van der Waals surface area contributed by atoms with Crippen LogP contribution in [0.1, 0.15) is 12.2 Å². The van der Waals surface area contributed by atoms with Gasteiger partial charge in [0.05, 0.1) is 6.33 Å². The van der Waals surface area contributed by atoms with Gasteiger partial charge in [-0.1, -0.05) is 0 Å². The van der Waals surface area contributed by atoms with Gasteiger partial charge in [-0.05, 0) is 18.6 Å². The Bertz CT molecular complexity index is 913. The Labute approximate surface area is 135 Å². The first-order chi connectivity index (χ1) is 11.6. The fourth-order valence-corrected chi connectivity index (χ4v) is 2.25. The fraction of sp³-hybridized carbons (Fsp3) is 0.200. The molecule has 0 aliphatic carbocycles. The molecule has 3 aromatic rings. The van der Waals surface area contributed by atoms with Gasteiger partial charge >= 0.3 is 0 Å². The lowest BCUT2D eigenvalue weighted by Crippen LogP contribution is -2.04. The number of aliphatic hydroxyl groups excluding tert-OH is 1. The van der Waals surface area contributed by atoms with Crippen molar-refractivity contribution < 1.29 is 13.9 Å². The normalized spacial score (nSPS) is 10.8. The number of hydrogen-bond donors (Lipinski definition) is 2. The van der Waals surface area contributed by atoms with Gasteiger partial charge in [-0.3, -0.25) is 0 Å². The Morgan fingerprint density at radius 2 is 1.96 bits per heavy atom. The van der Waals surface area contributed by atoms with Crippen LogP contribution in [0.5, 0.6) is 0 Å². The smallest absolute Gasteiger partial charge is 0.236 e. The second kappa shape index (κ2) is 6.55. The number of hydrogen-bond acceptors (Lipinski definition) is 6. The number of imidazole rings is 1. The van der Waals surface area contributed by atoms with E-state index >= 15 is 0 Å². The summed E-state index contributed by atoms with van der Waals surface area (Å²) in [4.78, 5) is 12.3. The number of aromatic nitrogens is 4. The Balaban J connectivity index is 2.06. The summed E-state index contributed by atoms with van der Waals surface area (Å²) in [6, 6.07) is 4.80. The van der Waals surface area contributed by atoms with E-state index in [1.807, 2.05) is 6.07 Å². The van der Waals surface area contributed by atoms with Crippen molar-refractivity contribution >= 4 is 22.7 Å². The van der Waals surface area contributed by atoms with Crippen LogP contribution in [-0.2, 0) is 6.54 Å². The lowest BCUT2D eigenvalue weighted by atomic mass is 10.3. The van der Waals surface area contributed by atoms with E-state index in [0.717, 1.165) is 18.2 Å². The molecule has 2 N–H and O–H groups in total. The van der Waals surface area contributed by atoms with Gasteiger partial charge in [-0.25, -0.2) is 13.8 Å². The van der Waals surface area contributed by atoms with Crippen molar-refractivity contribution in [3.63, 3.8) is 0 Å². The van der Waals surface area contributed by atoms with Crippen molar-refractivity contribution in [2.45, 2.75) is 13.0 Å². The molecular weight excluding hydrogens is 318 g/mol. The number of nitriles is 1. The highest BCUT2D eigenvalue weighted by Crippen LogP contribution is 2.24. The van der Waals surface area contributed by atoms with Crippen molar-refractivity contribution in [3.05, 3.63) is 42.0 Å². The van der Waals surface area contributed by atoms with Gasteiger partial charge < -0.3 is 15.0 Å². The maximum Gasteiger partial charge on any atom is 0.236 e. The molecule has 1 aromatic carbocycles. The average molecular weight is 330 g/mol. The summed E-state index contributed by atoms with van der Waals surface area (Å²) in [6.07, 6.45) is 2.00. The third-order valence-corrected chi connectivity index (χ3v) is 3.25. The molecule has 9 heteroatoms. The van der Waals surface area contributed by atoms with Crippen LogP contribution in [0.3, 0.4) is 0 Å². The van der Waals surface area contributed by atoms with E-state index in [2.05, 4.69) is 20.3 Å². The quantitative estimate of drug-likeness (QED) is 0.743. The first-order valence-corrected chi connectivity index (χ1v) is 7.07. The minimum atomic E-state index is -0.739. The topological polar surface area (TPSA) is 99.7 Å². The van der Waals surface area contributed by atoms with Crippen LogP contribution < -0.4 is 5.32 Å². The van der Waals surface area contributed by atoms with Crippen LogP contribution in [0.25, 0.3) is 11.2 Å². The monoisotopic (exact) mass is 330 g/mol. The van der Waals surface area contributed by atoms with E-state index in [-0.39, 0.29) is 23.9 Å². The fourth-order valence-electron chi connectivity index (χ4n) is 2.25. The van der Waals surface area contributed by atoms with Crippen molar-refractivity contribution in [1.29, 1.82) is 5.26 Å². The molecule has 2 aromatic heterocycles. The van der Waals surface area contributed by atoms with Gasteiger partial charge in [0.2, 0.25) is 5.82 Å². The van der Waals surface area contributed by atoms with E-state index in [0.29, 0.717) is 24.1 Å². The molecule has 0 aliphatic rings. The third-order valence-electron chi connectivity index (χ3n) is 3.25. The molecule has 0 fully saturated rings. The highest BCUT2D eigenvalue weighted by molar-refractivity contribution is 5.85. The van der Waals surface area contributed by atoms with Gasteiger partial charge in [-0.15, -0.1) is 0 Å². The first-order valence-electron chi connectivity index (χ1n) is 7.07. The van der Waals surface area contributed by atoms with Crippen LogP contribution in [0.2, 0.25) is 0 Å². The van der Waals surface area contributed by atoms with Gasteiger partial charge in [0, 0.05) is 24.9 Å². The SMILES string of the molecule is N#Cc1nc(Nc2cc(F)cc(F)c2)c2ncn(CCCO)c2n1. The van der Waals surface area contributed by atoms with Crippen LogP contribution >= 0.6 is 0 Å². The van der Waals surface area contributed by atoms with E-state index in [1.54, 1.807) is 4.57 Å². The number of rotatable bonds is 5. The summed E-state index contributed by atoms with van der Waals surface area (Å²) < 4.78 is 28.3. The third kappa shape index (κ3) is 3.13. The maximum absolute atomic E-state index is 13.3. The number of nitrogens with one attached hydrogen (secondary N) is 1. The molecule has 0 saturated carbocycles. The minimum Gasteiger partial charge on any atom is -0.396 e. The minimum absolute atomic E-state index is 0.00351. The predicted molar refractivity (Wildman–Crippen MR) is 81.4 cm³/mol. The Hall–Kier alpha value is -3.12. The summed E-state index contributed by atoms with van der Waals surface area (Å²) in [5, 5.41) is 20.8. The number of anilines is 2. The number of aliphatic hydroxyl groups is 1. The summed E-state index contributed by atoms with van der Waals surface area (Å²) in [5.74, 6) is -1.41. The van der Waals surface area contributed by atoms with Gasteiger partial charge in [0.25, 0.3) is 0 Å². The molecule has 0 atom stereocenters. The number of halogens is 2. The molecule has 0 spiro atoms. The van der Waals surface area contributed by atoms with E-state index in [1.165, 1.54) is 6.33 Å². The van der Waals surface area contributed by atoms with Gasteiger partial charge in [0.15, 0.2) is 17.0 Å². The van der Waals surface area contributed by atoms with Crippen molar-refractivity contribution in [2.24, 2.45) is 0 Å². The second-order valence-corrected chi connectivity index (χ2v) is 4.98. The molecule has 24 heavy (non-hydrogen) atoms. The molecule has 0 unspecified atom stereocenters. The molecular formula is C15H12F2N6O. The zero-order chi connectivity index (χ0) is 17.1. The largest absolute Gasteiger partial charge is 0.396 e. The number of nitrogens with zero attached hydrogens (tertiary/aromatic N) is 5.